The summed E-state index contributed by atoms with van der Waals surface area (Å²) < 4.78 is 4.22. The lowest BCUT2D eigenvalue weighted by atomic mass is 10.1. The Labute approximate surface area is 223 Å². The van der Waals surface area contributed by atoms with Gasteiger partial charge < -0.3 is 14.9 Å². The van der Waals surface area contributed by atoms with Crippen LogP contribution in [0.4, 0.5) is 11.4 Å². The van der Waals surface area contributed by atoms with Gasteiger partial charge in [0.1, 0.15) is 5.82 Å². The Morgan fingerprint density at radius 3 is 2.16 bits per heavy atom. The molecule has 0 fully saturated rings. The molecule has 3 aromatic rings. The number of allylic oxidation sites excluding steroid dienone is 3. The maximum absolute atomic E-state index is 13.7. The summed E-state index contributed by atoms with van der Waals surface area (Å²) in [5.41, 5.74) is 4.01. The van der Waals surface area contributed by atoms with Gasteiger partial charge in [-0.1, -0.05) is 43.9 Å². The highest BCUT2D eigenvalue weighted by Gasteiger charge is 2.36. The predicted octanol–water partition coefficient (Wildman–Crippen LogP) is 4.11. The van der Waals surface area contributed by atoms with Crippen LogP contribution < -0.4 is 19.5 Å². The Morgan fingerprint density at radius 1 is 0.816 bits per heavy atom. The largest absolute Gasteiger partial charge is 0.871 e. The first kappa shape index (κ1) is 25.5. The molecule has 2 aliphatic rings. The van der Waals surface area contributed by atoms with E-state index in [2.05, 4.69) is 32.8 Å². The fourth-order valence-corrected chi connectivity index (χ4v) is 5.64. The molecule has 7 nitrogen and oxygen atoms in total. The number of para-hydroxylation sites is 4. The first-order valence-corrected chi connectivity index (χ1v) is 13.6. The third-order valence-corrected chi connectivity index (χ3v) is 7.29. The summed E-state index contributed by atoms with van der Waals surface area (Å²) >= 11 is 0. The van der Waals surface area contributed by atoms with Gasteiger partial charge in [0.2, 0.25) is 11.6 Å². The van der Waals surface area contributed by atoms with Crippen LogP contribution in [0.2, 0.25) is 0 Å². The highest BCUT2D eigenvalue weighted by Crippen LogP contribution is 2.42. The molecule has 1 aromatic heterocycles. The first-order chi connectivity index (χ1) is 18.5. The zero-order chi connectivity index (χ0) is 27.0. The second-order valence-electron chi connectivity index (χ2n) is 9.59. The van der Waals surface area contributed by atoms with Crippen molar-refractivity contribution in [2.75, 3.05) is 22.9 Å². The quantitative estimate of drug-likeness (QED) is 0.259. The summed E-state index contributed by atoms with van der Waals surface area (Å²) in [5.74, 6) is -0.473. The molecule has 0 atom stereocenters. The lowest BCUT2D eigenvalue weighted by molar-refractivity contribution is -0.674. The number of carbonyl (C=O) groups is 2. The number of imidazole rings is 1. The van der Waals surface area contributed by atoms with Gasteiger partial charge in [0.25, 0.3) is 5.82 Å². The van der Waals surface area contributed by atoms with Gasteiger partial charge >= 0.3 is 0 Å². The molecule has 0 spiro atoms. The number of aromatic nitrogens is 2. The van der Waals surface area contributed by atoms with Gasteiger partial charge in [0.05, 0.1) is 24.5 Å². The van der Waals surface area contributed by atoms with Crippen molar-refractivity contribution in [3.05, 3.63) is 83.2 Å². The smallest absolute Gasteiger partial charge is 0.283 e. The highest BCUT2D eigenvalue weighted by atomic mass is 16.3. The molecule has 0 saturated heterocycles. The number of fused-ring (bicyclic) bond motifs is 2. The fraction of sp³-hybridized carbons (Fsp3) is 0.323. The third kappa shape index (κ3) is 3.93. The van der Waals surface area contributed by atoms with E-state index in [4.69, 9.17) is 0 Å². The number of ketones is 2. The summed E-state index contributed by atoms with van der Waals surface area (Å²) in [6.45, 7) is 11.1. The normalized spacial score (nSPS) is 17.7. The van der Waals surface area contributed by atoms with Gasteiger partial charge in [-0.25, -0.2) is 9.13 Å². The lowest BCUT2D eigenvalue weighted by Crippen LogP contribution is -2.36. The van der Waals surface area contributed by atoms with E-state index in [1.807, 2.05) is 62.4 Å². The predicted molar refractivity (Wildman–Crippen MR) is 148 cm³/mol. The van der Waals surface area contributed by atoms with Crippen LogP contribution in [0.1, 0.15) is 46.4 Å². The topological polar surface area (TPSA) is 72.5 Å². The summed E-state index contributed by atoms with van der Waals surface area (Å²) in [5, 5.41) is 13.7. The molecule has 1 aliphatic heterocycles. The summed E-state index contributed by atoms with van der Waals surface area (Å²) in [6.07, 6.45) is 5.03. The maximum Gasteiger partial charge on any atom is 0.283 e. The molecule has 1 aliphatic carbocycles. The zero-order valence-electron chi connectivity index (χ0n) is 22.5. The van der Waals surface area contributed by atoms with Gasteiger partial charge in [-0.15, -0.1) is 0 Å². The number of aryl methyl sites for hydroxylation is 2. The van der Waals surface area contributed by atoms with E-state index < -0.39 is 17.3 Å². The molecule has 7 heteroatoms. The maximum atomic E-state index is 13.7. The summed E-state index contributed by atoms with van der Waals surface area (Å²) in [7, 11) is 0. The van der Waals surface area contributed by atoms with Crippen molar-refractivity contribution < 1.29 is 19.3 Å². The van der Waals surface area contributed by atoms with Crippen LogP contribution in [0, 0.1) is 0 Å². The molecule has 196 valence electrons. The number of hydrogen-bond acceptors (Lipinski definition) is 5. The molecular formula is C31H34N4O3. The number of benzene rings is 2. The van der Waals surface area contributed by atoms with E-state index in [0.29, 0.717) is 13.1 Å². The minimum Gasteiger partial charge on any atom is -0.871 e. The fourth-order valence-electron chi connectivity index (χ4n) is 5.64. The van der Waals surface area contributed by atoms with E-state index >= 15 is 0 Å². The van der Waals surface area contributed by atoms with Crippen molar-refractivity contribution in [1.29, 1.82) is 0 Å². The Morgan fingerprint density at radius 2 is 1.50 bits per heavy atom. The van der Waals surface area contributed by atoms with E-state index in [1.54, 1.807) is 12.2 Å². The molecule has 0 unspecified atom stereocenters. The average Bonchev–Trinajstić information content (AvgIpc) is 3.47. The molecule has 0 amide bonds. The zero-order valence-corrected chi connectivity index (χ0v) is 22.5. The van der Waals surface area contributed by atoms with Gasteiger partial charge in [-0.05, 0) is 57.0 Å². The van der Waals surface area contributed by atoms with Gasteiger partial charge in [0, 0.05) is 30.3 Å². The van der Waals surface area contributed by atoms with Gasteiger partial charge in [-0.2, -0.15) is 0 Å². The first-order valence-electron chi connectivity index (χ1n) is 13.6. The number of nitrogens with zero attached hydrogens (tertiary/aromatic N) is 4. The summed E-state index contributed by atoms with van der Waals surface area (Å²) in [4.78, 5) is 30.7. The van der Waals surface area contributed by atoms with Crippen LogP contribution in [-0.2, 0) is 22.7 Å². The van der Waals surface area contributed by atoms with Crippen molar-refractivity contribution in [2.45, 2.75) is 53.6 Å². The van der Waals surface area contributed by atoms with Crippen molar-refractivity contribution in [2.24, 2.45) is 0 Å². The molecule has 0 bridgehead atoms. The standard InChI is InChI=1S/C31H34N4O3/c1-5-17-34-25-15-11-9-13-23(25)32(7-3)27(34)19-21-29(36)22(31(38)30(21)37)20-28-33(8-4)24-14-10-12-16-26(24)35(28)18-6-2/h9-16,19-20H,5-8,17-18H2,1-4H3. The Hall–Kier alpha value is -4.13. The van der Waals surface area contributed by atoms with Crippen molar-refractivity contribution >= 4 is 40.1 Å². The number of anilines is 2. The van der Waals surface area contributed by atoms with E-state index in [1.165, 1.54) is 0 Å². The third-order valence-electron chi connectivity index (χ3n) is 7.29. The van der Waals surface area contributed by atoms with Crippen LogP contribution in [-0.4, -0.2) is 29.2 Å². The molecule has 0 N–H and O–H groups in total. The highest BCUT2D eigenvalue weighted by molar-refractivity contribution is 6.54. The van der Waals surface area contributed by atoms with Crippen molar-refractivity contribution in [3.63, 3.8) is 0 Å². The average molecular weight is 511 g/mol. The second kappa shape index (κ2) is 10.3. The Balaban J connectivity index is 1.67. The number of rotatable bonds is 8. The van der Waals surface area contributed by atoms with Crippen LogP contribution in [0.3, 0.4) is 0 Å². The minimum absolute atomic E-state index is 0.0650. The van der Waals surface area contributed by atoms with E-state index in [-0.39, 0.29) is 11.1 Å². The summed E-state index contributed by atoms with van der Waals surface area (Å²) in [6, 6.07) is 16.1. The lowest BCUT2D eigenvalue weighted by Gasteiger charge is -2.25. The van der Waals surface area contributed by atoms with Crippen molar-refractivity contribution in [3.8, 4) is 0 Å². The Bertz CT molecular complexity index is 1530. The SMILES string of the molecule is CCCN1/C(=C/C2=C([O-])C(=C/c3n(CC)c4ccccc4[n+]3CCC)/C(=O)C2=O)N(CC)c2ccccc21. The Kier molecular flexibility index (Phi) is 6.93. The van der Waals surface area contributed by atoms with Crippen LogP contribution >= 0.6 is 0 Å². The van der Waals surface area contributed by atoms with Crippen LogP contribution in [0.25, 0.3) is 17.1 Å². The molecule has 38 heavy (non-hydrogen) atoms. The number of carbonyl (C=O) groups excluding carboxylic acids is 2. The minimum atomic E-state index is -0.738. The molecule has 5 rings (SSSR count). The van der Waals surface area contributed by atoms with E-state index in [0.717, 1.165) is 60.0 Å². The molecule has 2 aromatic carbocycles. The van der Waals surface area contributed by atoms with Crippen LogP contribution in [0.15, 0.2) is 77.3 Å². The molecule has 0 radical (unpaired) electrons. The second-order valence-corrected chi connectivity index (χ2v) is 9.59. The van der Waals surface area contributed by atoms with Crippen molar-refractivity contribution in [1.82, 2.24) is 4.57 Å². The molecule has 2 heterocycles. The number of Topliss-reactive ketones (excluding diaryl/α,β-unsaturated/α-hetero) is 2. The van der Waals surface area contributed by atoms with E-state index in [9.17, 15) is 14.7 Å². The molecule has 0 saturated carbocycles. The van der Waals surface area contributed by atoms with Gasteiger partial charge in [0.15, 0.2) is 11.0 Å². The number of hydrogen-bond donors (Lipinski definition) is 0. The monoisotopic (exact) mass is 510 g/mol. The van der Waals surface area contributed by atoms with Crippen LogP contribution in [0.5, 0.6) is 0 Å². The van der Waals surface area contributed by atoms with Gasteiger partial charge in [-0.3, -0.25) is 9.59 Å². The molecular weight excluding hydrogens is 476 g/mol.